The second-order valence-electron chi connectivity index (χ2n) is 6.67. The smallest absolute Gasteiger partial charge is 0.274 e. The molecule has 2 heterocycles. The average Bonchev–Trinajstić information content (AvgIpc) is 2.71. The first kappa shape index (κ1) is 19.3. The predicted molar refractivity (Wildman–Crippen MR) is 102 cm³/mol. The number of nitro benzene ring substituents is 1. The third kappa shape index (κ3) is 4.08. The molecule has 0 bridgehead atoms. The Morgan fingerprint density at radius 1 is 1.07 bits per heavy atom. The highest BCUT2D eigenvalue weighted by Gasteiger charge is 2.20. The molecule has 0 spiro atoms. The minimum absolute atomic E-state index is 0.0197. The van der Waals surface area contributed by atoms with Crippen LogP contribution in [0.25, 0.3) is 0 Å². The van der Waals surface area contributed by atoms with E-state index >= 15 is 0 Å². The monoisotopic (exact) mass is 384 g/mol. The summed E-state index contributed by atoms with van der Waals surface area (Å²) >= 11 is 0. The van der Waals surface area contributed by atoms with E-state index in [-0.39, 0.29) is 22.8 Å². The number of amides is 2. The number of nitrogens with one attached hydrogen (secondary N) is 1. The van der Waals surface area contributed by atoms with Gasteiger partial charge < -0.3 is 14.8 Å². The number of nitro groups is 1. The molecule has 2 amide bonds. The van der Waals surface area contributed by atoms with Crippen molar-refractivity contribution in [2.75, 3.05) is 18.4 Å². The summed E-state index contributed by atoms with van der Waals surface area (Å²) in [4.78, 5) is 49.4. The highest BCUT2D eigenvalue weighted by atomic mass is 16.6. The van der Waals surface area contributed by atoms with Crippen LogP contribution in [0.4, 0.5) is 11.4 Å². The highest BCUT2D eigenvalue weighted by molar-refractivity contribution is 6.05. The summed E-state index contributed by atoms with van der Waals surface area (Å²) in [6.07, 6.45) is 4.44. The van der Waals surface area contributed by atoms with Crippen LogP contribution < -0.4 is 10.9 Å². The molecule has 1 N–H and O–H groups in total. The van der Waals surface area contributed by atoms with Gasteiger partial charge >= 0.3 is 0 Å². The SMILES string of the molecule is Cn1cc(C(=O)N2CCCCC2)cc(NC(=O)c2ccc([N+](=O)[O-])cc2)c1=O. The molecule has 1 aliphatic heterocycles. The summed E-state index contributed by atoms with van der Waals surface area (Å²) in [7, 11) is 1.51. The molecule has 28 heavy (non-hydrogen) atoms. The van der Waals surface area contributed by atoms with Crippen molar-refractivity contribution >= 4 is 23.2 Å². The van der Waals surface area contributed by atoms with Crippen LogP contribution in [0.5, 0.6) is 0 Å². The number of pyridine rings is 1. The van der Waals surface area contributed by atoms with Crippen molar-refractivity contribution in [3.63, 3.8) is 0 Å². The van der Waals surface area contributed by atoms with E-state index in [2.05, 4.69) is 5.32 Å². The molecule has 0 aliphatic carbocycles. The molecule has 1 aromatic heterocycles. The number of piperidine rings is 1. The number of rotatable bonds is 4. The van der Waals surface area contributed by atoms with Crippen LogP contribution in [0.2, 0.25) is 0 Å². The second-order valence-corrected chi connectivity index (χ2v) is 6.67. The number of non-ortho nitro benzene ring substituents is 1. The maximum absolute atomic E-state index is 12.7. The summed E-state index contributed by atoms with van der Waals surface area (Å²) < 4.78 is 1.25. The van der Waals surface area contributed by atoms with Crippen molar-refractivity contribution in [1.29, 1.82) is 0 Å². The van der Waals surface area contributed by atoms with Gasteiger partial charge in [0.15, 0.2) is 0 Å². The predicted octanol–water partition coefficient (Wildman–Crippen LogP) is 2.17. The van der Waals surface area contributed by atoms with Crippen molar-refractivity contribution in [2.45, 2.75) is 19.3 Å². The van der Waals surface area contributed by atoms with E-state index < -0.39 is 16.4 Å². The van der Waals surface area contributed by atoms with Crippen molar-refractivity contribution in [1.82, 2.24) is 9.47 Å². The van der Waals surface area contributed by atoms with Crippen LogP contribution in [-0.2, 0) is 7.05 Å². The van der Waals surface area contributed by atoms with Crippen LogP contribution in [0, 0.1) is 10.1 Å². The standard InChI is InChI=1S/C19H20N4O5/c1-21-12-14(18(25)22-9-3-2-4-10-22)11-16(19(21)26)20-17(24)13-5-7-15(8-6-13)23(27)28/h5-8,11-12H,2-4,9-10H2,1H3,(H,20,24). The summed E-state index contributed by atoms with van der Waals surface area (Å²) in [5.74, 6) is -0.768. The maximum atomic E-state index is 12.7. The van der Waals surface area contributed by atoms with Crippen molar-refractivity contribution in [3.05, 3.63) is 68.1 Å². The van der Waals surface area contributed by atoms with E-state index in [9.17, 15) is 24.5 Å². The lowest BCUT2D eigenvalue weighted by Gasteiger charge is -2.27. The summed E-state index contributed by atoms with van der Waals surface area (Å²) in [6.45, 7) is 1.35. The Kier molecular flexibility index (Phi) is 5.53. The van der Waals surface area contributed by atoms with Gasteiger partial charge in [0.25, 0.3) is 23.1 Å². The molecule has 1 aliphatic rings. The molecule has 2 aromatic rings. The minimum Gasteiger partial charge on any atom is -0.339 e. The fourth-order valence-electron chi connectivity index (χ4n) is 3.13. The first-order chi connectivity index (χ1) is 13.4. The lowest BCUT2D eigenvalue weighted by atomic mass is 10.1. The molecule has 0 atom stereocenters. The Morgan fingerprint density at radius 2 is 1.71 bits per heavy atom. The fraction of sp³-hybridized carbons (Fsp3) is 0.316. The molecule has 0 saturated carbocycles. The minimum atomic E-state index is -0.588. The number of carbonyl (C=O) groups is 2. The van der Waals surface area contributed by atoms with Gasteiger partial charge in [-0.2, -0.15) is 0 Å². The van der Waals surface area contributed by atoms with Gasteiger partial charge in [-0.3, -0.25) is 24.5 Å². The van der Waals surface area contributed by atoms with Crippen molar-refractivity contribution in [3.8, 4) is 0 Å². The Bertz CT molecular complexity index is 975. The number of aryl methyl sites for hydroxylation is 1. The lowest BCUT2D eigenvalue weighted by Crippen LogP contribution is -2.36. The molecule has 1 saturated heterocycles. The molecule has 9 nitrogen and oxygen atoms in total. The van der Waals surface area contributed by atoms with Gasteiger partial charge in [-0.1, -0.05) is 0 Å². The number of aromatic nitrogens is 1. The van der Waals surface area contributed by atoms with Gasteiger partial charge in [-0.25, -0.2) is 0 Å². The fourth-order valence-corrected chi connectivity index (χ4v) is 3.13. The van der Waals surface area contributed by atoms with Gasteiger partial charge in [0, 0.05) is 44.0 Å². The molecular weight excluding hydrogens is 364 g/mol. The Labute approximate surface area is 160 Å². The molecule has 3 rings (SSSR count). The molecule has 1 fully saturated rings. The number of benzene rings is 1. The largest absolute Gasteiger partial charge is 0.339 e. The van der Waals surface area contributed by atoms with E-state index in [0.717, 1.165) is 19.3 Å². The number of hydrogen-bond donors (Lipinski definition) is 1. The van der Waals surface area contributed by atoms with Crippen molar-refractivity contribution < 1.29 is 14.5 Å². The molecule has 1 aromatic carbocycles. The zero-order chi connectivity index (χ0) is 20.3. The molecule has 0 radical (unpaired) electrons. The highest BCUT2D eigenvalue weighted by Crippen LogP contribution is 2.16. The number of likely N-dealkylation sites (tertiary alicyclic amines) is 1. The van der Waals surface area contributed by atoms with Crippen LogP contribution in [0.15, 0.2) is 41.3 Å². The van der Waals surface area contributed by atoms with E-state index in [1.54, 1.807) is 4.90 Å². The molecule has 146 valence electrons. The first-order valence-corrected chi connectivity index (χ1v) is 8.92. The van der Waals surface area contributed by atoms with Crippen LogP contribution >= 0.6 is 0 Å². The zero-order valence-electron chi connectivity index (χ0n) is 15.4. The third-order valence-electron chi connectivity index (χ3n) is 4.66. The summed E-state index contributed by atoms with van der Waals surface area (Å²) in [5.41, 5.74) is -0.121. The lowest BCUT2D eigenvalue weighted by molar-refractivity contribution is -0.384. The van der Waals surface area contributed by atoms with E-state index in [1.807, 2.05) is 0 Å². The normalized spacial score (nSPS) is 13.8. The molecular formula is C19H20N4O5. The first-order valence-electron chi connectivity index (χ1n) is 8.92. The number of anilines is 1. The summed E-state index contributed by atoms with van der Waals surface area (Å²) in [6, 6.07) is 6.41. The van der Waals surface area contributed by atoms with Crippen molar-refractivity contribution in [2.24, 2.45) is 7.05 Å². The van der Waals surface area contributed by atoms with E-state index in [0.29, 0.717) is 18.7 Å². The number of nitrogens with zero attached hydrogens (tertiary/aromatic N) is 3. The Balaban J connectivity index is 1.83. The van der Waals surface area contributed by atoms with Gasteiger partial charge in [-0.05, 0) is 37.5 Å². The second kappa shape index (κ2) is 8.03. The maximum Gasteiger partial charge on any atom is 0.274 e. The Hall–Kier alpha value is -3.49. The van der Waals surface area contributed by atoms with Gasteiger partial charge in [0.1, 0.15) is 5.69 Å². The summed E-state index contributed by atoms with van der Waals surface area (Å²) in [5, 5.41) is 13.2. The van der Waals surface area contributed by atoms with Gasteiger partial charge in [-0.15, -0.1) is 0 Å². The van der Waals surface area contributed by atoms with Gasteiger partial charge in [0.05, 0.1) is 10.5 Å². The average molecular weight is 384 g/mol. The van der Waals surface area contributed by atoms with Crippen LogP contribution in [-0.4, -0.2) is 39.3 Å². The van der Waals surface area contributed by atoms with E-state index in [4.69, 9.17) is 0 Å². The third-order valence-corrected chi connectivity index (χ3v) is 4.66. The Morgan fingerprint density at radius 3 is 2.32 bits per heavy atom. The molecule has 9 heteroatoms. The van der Waals surface area contributed by atoms with E-state index in [1.165, 1.54) is 48.1 Å². The van der Waals surface area contributed by atoms with Crippen LogP contribution in [0.1, 0.15) is 40.0 Å². The quantitative estimate of drug-likeness (QED) is 0.641. The topological polar surface area (TPSA) is 115 Å². The number of carbonyl (C=O) groups excluding carboxylic acids is 2. The number of hydrogen-bond acceptors (Lipinski definition) is 5. The molecule has 0 unspecified atom stereocenters. The van der Waals surface area contributed by atoms with Gasteiger partial charge in [0.2, 0.25) is 0 Å². The van der Waals surface area contributed by atoms with Crippen LogP contribution in [0.3, 0.4) is 0 Å². The zero-order valence-corrected chi connectivity index (χ0v) is 15.4.